The van der Waals surface area contributed by atoms with Crippen LogP contribution in [-0.2, 0) is 19.2 Å². The molecule has 1 saturated heterocycles. The van der Waals surface area contributed by atoms with Crippen LogP contribution >= 0.6 is 48.0 Å². The molecule has 24 heavy (non-hydrogen) atoms. The molecule has 0 aromatic heterocycles. The molecule has 0 aliphatic carbocycles. The van der Waals surface area contributed by atoms with Crippen LogP contribution in [0.1, 0.15) is 0 Å². The van der Waals surface area contributed by atoms with Gasteiger partial charge in [-0.15, -0.1) is 23.5 Å². The molecular formula is C10H14N6O4S4. The van der Waals surface area contributed by atoms with Crippen LogP contribution in [0.15, 0.2) is 0 Å². The minimum absolute atomic E-state index is 0.00594. The lowest BCUT2D eigenvalue weighted by Gasteiger charge is -2.12. The smallest absolute Gasteiger partial charge is 0.248 e. The summed E-state index contributed by atoms with van der Waals surface area (Å²) in [6.07, 6.45) is 0. The van der Waals surface area contributed by atoms with Gasteiger partial charge in [-0.05, 0) is 24.4 Å². The highest BCUT2D eigenvalue weighted by Gasteiger charge is 2.11. The third-order valence-electron chi connectivity index (χ3n) is 2.07. The van der Waals surface area contributed by atoms with Gasteiger partial charge in [0.15, 0.2) is 10.2 Å². The Hall–Kier alpha value is -1.64. The van der Waals surface area contributed by atoms with Gasteiger partial charge in [0.05, 0.1) is 23.0 Å². The maximum atomic E-state index is 11.6. The molecule has 0 atom stereocenters. The van der Waals surface area contributed by atoms with E-state index in [0.29, 0.717) is 0 Å². The third kappa shape index (κ3) is 9.49. The Balaban J connectivity index is 2.57. The molecule has 10 nitrogen and oxygen atoms in total. The van der Waals surface area contributed by atoms with Gasteiger partial charge in [-0.3, -0.25) is 40.9 Å². The molecule has 132 valence electrons. The Morgan fingerprint density at radius 1 is 0.583 bits per heavy atom. The lowest BCUT2D eigenvalue weighted by atomic mass is 10.7. The van der Waals surface area contributed by atoms with Crippen molar-refractivity contribution in [2.24, 2.45) is 0 Å². The highest BCUT2D eigenvalue weighted by atomic mass is 32.2. The first-order valence-electron chi connectivity index (χ1n) is 6.29. The lowest BCUT2D eigenvalue weighted by Crippen LogP contribution is -2.50. The average molecular weight is 411 g/mol. The van der Waals surface area contributed by atoms with Crippen molar-refractivity contribution in [2.75, 3.05) is 23.0 Å². The van der Waals surface area contributed by atoms with E-state index < -0.39 is 23.6 Å². The second kappa shape index (κ2) is 11.0. The number of thioether (sulfide) groups is 2. The molecule has 0 aromatic carbocycles. The molecule has 0 radical (unpaired) electrons. The first-order valence-corrected chi connectivity index (χ1v) is 9.42. The standard InChI is InChI=1S/C10H14N6O4S4/c17-5-1-23-2-6(18)12-10(22)16-14-8(20)4-24-3-7(19)13-15-9(21)11-5/h1-4H2,(H,13,19)(H,14,20)(H2,11,15,17,21)(H2,12,16,18,22). The Morgan fingerprint density at radius 3 is 1.29 bits per heavy atom. The van der Waals surface area contributed by atoms with Crippen LogP contribution < -0.4 is 32.3 Å². The van der Waals surface area contributed by atoms with Gasteiger partial charge in [0.1, 0.15) is 0 Å². The molecule has 0 unspecified atom stereocenters. The molecule has 14 heteroatoms. The topological polar surface area (TPSA) is 140 Å². The van der Waals surface area contributed by atoms with Crippen molar-refractivity contribution >= 4 is 81.8 Å². The Morgan fingerprint density at radius 2 is 0.917 bits per heavy atom. The van der Waals surface area contributed by atoms with Crippen LogP contribution in [0.4, 0.5) is 0 Å². The van der Waals surface area contributed by atoms with Gasteiger partial charge in [-0.25, -0.2) is 0 Å². The summed E-state index contributed by atoms with van der Waals surface area (Å²) in [5, 5.41) is 4.53. The number of nitrogens with one attached hydrogen (secondary N) is 6. The van der Waals surface area contributed by atoms with Crippen molar-refractivity contribution in [3.8, 4) is 0 Å². The second-order valence-corrected chi connectivity index (χ2v) is 6.87. The fraction of sp³-hybridized carbons (Fsp3) is 0.400. The van der Waals surface area contributed by atoms with Crippen molar-refractivity contribution in [1.29, 1.82) is 0 Å². The first kappa shape index (κ1) is 20.4. The van der Waals surface area contributed by atoms with Crippen molar-refractivity contribution in [1.82, 2.24) is 32.3 Å². The van der Waals surface area contributed by atoms with E-state index in [-0.39, 0.29) is 33.2 Å². The summed E-state index contributed by atoms with van der Waals surface area (Å²) in [6, 6.07) is 0. The Labute approximate surface area is 156 Å². The molecule has 0 spiro atoms. The number of carbonyl (C=O) groups excluding carboxylic acids is 4. The molecule has 1 aliphatic rings. The van der Waals surface area contributed by atoms with Crippen LogP contribution in [0.5, 0.6) is 0 Å². The van der Waals surface area contributed by atoms with E-state index >= 15 is 0 Å². The zero-order valence-corrected chi connectivity index (χ0v) is 15.4. The monoisotopic (exact) mass is 410 g/mol. The van der Waals surface area contributed by atoms with Gasteiger partial charge in [0.2, 0.25) is 23.6 Å². The minimum atomic E-state index is -0.428. The van der Waals surface area contributed by atoms with Crippen LogP contribution in [0.25, 0.3) is 0 Å². The predicted octanol–water partition coefficient (Wildman–Crippen LogP) is -2.49. The molecular weight excluding hydrogens is 396 g/mol. The van der Waals surface area contributed by atoms with Gasteiger partial charge in [0.25, 0.3) is 0 Å². The lowest BCUT2D eigenvalue weighted by molar-refractivity contribution is -0.120. The highest BCUT2D eigenvalue weighted by Crippen LogP contribution is 1.99. The Bertz CT molecular complexity index is 511. The zero-order valence-electron chi connectivity index (χ0n) is 12.1. The predicted molar refractivity (Wildman–Crippen MR) is 98.7 cm³/mol. The van der Waals surface area contributed by atoms with Crippen LogP contribution in [0.3, 0.4) is 0 Å². The van der Waals surface area contributed by atoms with Crippen LogP contribution in [-0.4, -0.2) is 56.9 Å². The van der Waals surface area contributed by atoms with Crippen LogP contribution in [0.2, 0.25) is 0 Å². The van der Waals surface area contributed by atoms with Gasteiger partial charge in [-0.2, -0.15) is 0 Å². The van der Waals surface area contributed by atoms with Crippen molar-refractivity contribution in [3.05, 3.63) is 0 Å². The summed E-state index contributed by atoms with van der Waals surface area (Å²) >= 11 is 11.7. The van der Waals surface area contributed by atoms with Crippen molar-refractivity contribution in [2.45, 2.75) is 0 Å². The number of hydrogen-bond acceptors (Lipinski definition) is 8. The fourth-order valence-corrected chi connectivity index (χ4v) is 2.75. The molecule has 1 heterocycles. The fourth-order valence-electron chi connectivity index (χ4n) is 1.19. The summed E-state index contributed by atoms with van der Waals surface area (Å²) < 4.78 is 0. The zero-order chi connectivity index (χ0) is 17.9. The minimum Gasteiger partial charge on any atom is -0.301 e. The SMILES string of the molecule is O=C1CSCC(=O)NNC(=S)NC(=O)CSCC(=O)NC(=S)NN1. The molecule has 0 saturated carbocycles. The van der Waals surface area contributed by atoms with E-state index in [1.54, 1.807) is 0 Å². The summed E-state index contributed by atoms with van der Waals surface area (Å²) in [4.78, 5) is 46.2. The first-order chi connectivity index (χ1) is 11.4. The third-order valence-corrected chi connectivity index (χ3v) is 4.34. The quantitative estimate of drug-likeness (QED) is 0.238. The number of carbonyl (C=O) groups is 4. The summed E-state index contributed by atoms with van der Waals surface area (Å²) in [5.41, 5.74) is 9.28. The van der Waals surface area contributed by atoms with Crippen LogP contribution in [0, 0.1) is 0 Å². The summed E-state index contributed by atoms with van der Waals surface area (Å²) in [6.45, 7) is 0. The normalized spacial score (nSPS) is 19.5. The largest absolute Gasteiger partial charge is 0.301 e. The molecule has 4 amide bonds. The number of hydrogen-bond donors (Lipinski definition) is 6. The van der Waals surface area contributed by atoms with E-state index in [2.05, 4.69) is 32.3 Å². The van der Waals surface area contributed by atoms with Crippen molar-refractivity contribution in [3.63, 3.8) is 0 Å². The van der Waals surface area contributed by atoms with Gasteiger partial charge in [-0.1, -0.05) is 0 Å². The molecule has 6 N–H and O–H groups in total. The molecule has 1 rings (SSSR count). The van der Waals surface area contributed by atoms with E-state index in [4.69, 9.17) is 24.4 Å². The second-order valence-electron chi connectivity index (χ2n) is 4.09. The average Bonchev–Trinajstić information content (AvgIpc) is 2.50. The molecule has 1 aliphatic heterocycles. The molecule has 0 bridgehead atoms. The van der Waals surface area contributed by atoms with Crippen molar-refractivity contribution < 1.29 is 19.2 Å². The van der Waals surface area contributed by atoms with E-state index in [1.165, 1.54) is 0 Å². The number of thiocarbonyl (C=S) groups is 2. The van der Waals surface area contributed by atoms with E-state index in [1.807, 2.05) is 0 Å². The Kier molecular flexibility index (Phi) is 9.36. The maximum absolute atomic E-state index is 11.6. The van der Waals surface area contributed by atoms with Gasteiger partial charge < -0.3 is 10.6 Å². The summed E-state index contributed by atoms with van der Waals surface area (Å²) in [5.74, 6) is -1.74. The number of amides is 4. The van der Waals surface area contributed by atoms with E-state index in [9.17, 15) is 19.2 Å². The number of hydrazine groups is 2. The van der Waals surface area contributed by atoms with Gasteiger partial charge >= 0.3 is 0 Å². The summed E-state index contributed by atoms with van der Waals surface area (Å²) in [7, 11) is 0. The molecule has 1 fully saturated rings. The molecule has 0 aromatic rings. The van der Waals surface area contributed by atoms with Gasteiger partial charge in [0, 0.05) is 0 Å². The van der Waals surface area contributed by atoms with E-state index in [0.717, 1.165) is 23.5 Å². The highest BCUT2D eigenvalue weighted by molar-refractivity contribution is 8.00. The number of rotatable bonds is 0. The maximum Gasteiger partial charge on any atom is 0.248 e.